The molecule has 1 saturated heterocycles. The van der Waals surface area contributed by atoms with Gasteiger partial charge in [-0.05, 0) is 60.6 Å². The van der Waals surface area contributed by atoms with Gasteiger partial charge in [-0.1, -0.05) is 55.8 Å². The summed E-state index contributed by atoms with van der Waals surface area (Å²) >= 11 is 0. The fraction of sp³-hybridized carbons (Fsp3) is 0.370. The molecule has 1 unspecified atom stereocenters. The molecule has 1 atom stereocenters. The molecule has 1 aromatic heterocycles. The topological polar surface area (TPSA) is 40.6 Å². The molecule has 0 bridgehead atoms. The lowest BCUT2D eigenvalue weighted by Gasteiger charge is -2.46. The number of hydrogen-bond acceptors (Lipinski definition) is 4. The standard InChI is InChI=1S/C27H29NO3/c1-19-30-26(31-19)22-9-7-20(8-10-22)25(27(2)15-5-16-27)21-11-13-24(14-12-21)29-18-23-6-3-4-17-28-23/h3-4,6-14,17,19,25-26H,5,15-16,18H2,1-2H3. The van der Waals surface area contributed by atoms with Gasteiger partial charge in [-0.3, -0.25) is 4.98 Å². The highest BCUT2D eigenvalue weighted by Crippen LogP contribution is 2.54. The van der Waals surface area contributed by atoms with Crippen LogP contribution in [0.5, 0.6) is 5.75 Å². The first-order valence-corrected chi connectivity index (χ1v) is 11.1. The van der Waals surface area contributed by atoms with Crippen molar-refractivity contribution in [2.75, 3.05) is 0 Å². The van der Waals surface area contributed by atoms with Crippen LogP contribution in [0, 0.1) is 5.41 Å². The number of nitrogens with zero attached hydrogens (tertiary/aromatic N) is 1. The van der Waals surface area contributed by atoms with Gasteiger partial charge >= 0.3 is 0 Å². The Morgan fingerprint density at radius 1 is 0.968 bits per heavy atom. The largest absolute Gasteiger partial charge is 0.487 e. The Morgan fingerprint density at radius 3 is 2.19 bits per heavy atom. The van der Waals surface area contributed by atoms with E-state index in [4.69, 9.17) is 14.2 Å². The molecule has 2 fully saturated rings. The Labute approximate surface area is 184 Å². The molecule has 0 N–H and O–H groups in total. The first kappa shape index (κ1) is 20.2. The van der Waals surface area contributed by atoms with E-state index < -0.39 is 0 Å². The van der Waals surface area contributed by atoms with Crippen LogP contribution < -0.4 is 4.74 Å². The predicted octanol–water partition coefficient (Wildman–Crippen LogP) is 6.37. The second-order valence-corrected chi connectivity index (χ2v) is 8.96. The first-order valence-electron chi connectivity index (χ1n) is 11.1. The molecule has 1 saturated carbocycles. The van der Waals surface area contributed by atoms with Crippen molar-refractivity contribution in [3.8, 4) is 5.75 Å². The van der Waals surface area contributed by atoms with Crippen LogP contribution in [0.15, 0.2) is 72.9 Å². The summed E-state index contributed by atoms with van der Waals surface area (Å²) in [6, 6.07) is 23.2. The summed E-state index contributed by atoms with van der Waals surface area (Å²) in [4.78, 5) is 4.32. The van der Waals surface area contributed by atoms with E-state index in [-0.39, 0.29) is 18.0 Å². The lowest BCUT2D eigenvalue weighted by Crippen LogP contribution is -2.34. The van der Waals surface area contributed by atoms with Gasteiger partial charge in [0.1, 0.15) is 12.4 Å². The van der Waals surface area contributed by atoms with Crippen molar-refractivity contribution in [1.29, 1.82) is 0 Å². The molecule has 2 heterocycles. The van der Waals surface area contributed by atoms with Gasteiger partial charge in [0.05, 0.1) is 5.69 Å². The number of ether oxygens (including phenoxy) is 3. The number of hydrogen-bond donors (Lipinski definition) is 0. The van der Waals surface area contributed by atoms with Gasteiger partial charge in [-0.25, -0.2) is 0 Å². The summed E-state index contributed by atoms with van der Waals surface area (Å²) in [7, 11) is 0. The normalized spacial score (nSPS) is 22.8. The molecule has 1 aliphatic heterocycles. The lowest BCUT2D eigenvalue weighted by molar-refractivity contribution is -0.382. The molecule has 31 heavy (non-hydrogen) atoms. The van der Waals surface area contributed by atoms with Crippen molar-refractivity contribution in [2.24, 2.45) is 5.41 Å². The lowest BCUT2D eigenvalue weighted by atomic mass is 9.59. The van der Waals surface area contributed by atoms with Gasteiger partial charge in [0, 0.05) is 17.7 Å². The molecule has 4 heteroatoms. The highest BCUT2D eigenvalue weighted by molar-refractivity contribution is 5.40. The quantitative estimate of drug-likeness (QED) is 0.449. The summed E-state index contributed by atoms with van der Waals surface area (Å²) in [5, 5.41) is 0. The van der Waals surface area contributed by atoms with Crippen molar-refractivity contribution in [3.05, 3.63) is 95.3 Å². The molecule has 0 amide bonds. The highest BCUT2D eigenvalue weighted by atomic mass is 16.9. The van der Waals surface area contributed by atoms with Gasteiger partial charge in [-0.15, -0.1) is 0 Å². The second-order valence-electron chi connectivity index (χ2n) is 8.96. The third-order valence-corrected chi connectivity index (χ3v) is 6.69. The highest BCUT2D eigenvalue weighted by Gasteiger charge is 2.41. The van der Waals surface area contributed by atoms with Crippen LogP contribution in [-0.4, -0.2) is 11.3 Å². The van der Waals surface area contributed by atoms with E-state index >= 15 is 0 Å². The zero-order valence-corrected chi connectivity index (χ0v) is 18.2. The van der Waals surface area contributed by atoms with Crippen LogP contribution in [0.2, 0.25) is 0 Å². The Kier molecular flexibility index (Phi) is 5.51. The van der Waals surface area contributed by atoms with Crippen molar-refractivity contribution >= 4 is 0 Å². The van der Waals surface area contributed by atoms with Gasteiger partial charge in [0.25, 0.3) is 0 Å². The van der Waals surface area contributed by atoms with Crippen LogP contribution in [0.25, 0.3) is 0 Å². The van der Waals surface area contributed by atoms with E-state index in [1.54, 1.807) is 6.20 Å². The third-order valence-electron chi connectivity index (χ3n) is 6.69. The smallest absolute Gasteiger partial charge is 0.189 e. The van der Waals surface area contributed by atoms with Crippen molar-refractivity contribution < 1.29 is 14.2 Å². The van der Waals surface area contributed by atoms with Crippen LogP contribution in [0.3, 0.4) is 0 Å². The molecule has 2 aromatic carbocycles. The van der Waals surface area contributed by atoms with Crippen LogP contribution in [-0.2, 0) is 16.1 Å². The molecule has 1 aliphatic carbocycles. The Hall–Kier alpha value is -2.69. The van der Waals surface area contributed by atoms with Crippen LogP contribution >= 0.6 is 0 Å². The molecular weight excluding hydrogens is 386 g/mol. The molecule has 2 aliphatic rings. The Balaban J connectivity index is 1.34. The Bertz CT molecular complexity index is 991. The van der Waals surface area contributed by atoms with E-state index in [0.717, 1.165) is 17.0 Å². The van der Waals surface area contributed by atoms with Crippen LogP contribution in [0.1, 0.15) is 67.7 Å². The average Bonchev–Trinajstić information content (AvgIpc) is 2.77. The van der Waals surface area contributed by atoms with Gasteiger partial charge in [0.15, 0.2) is 12.6 Å². The monoisotopic (exact) mass is 415 g/mol. The van der Waals surface area contributed by atoms with E-state index in [1.165, 1.54) is 30.4 Å². The summed E-state index contributed by atoms with van der Waals surface area (Å²) in [5.41, 5.74) is 4.99. The molecule has 0 radical (unpaired) electrons. The summed E-state index contributed by atoms with van der Waals surface area (Å²) in [6.07, 6.45) is 5.27. The fourth-order valence-corrected chi connectivity index (χ4v) is 4.78. The maximum atomic E-state index is 5.94. The van der Waals surface area contributed by atoms with E-state index in [9.17, 15) is 0 Å². The maximum absolute atomic E-state index is 5.94. The summed E-state index contributed by atoms with van der Waals surface area (Å²) < 4.78 is 17.2. The SMILES string of the molecule is CC1OC(c2ccc(C(c3ccc(OCc4ccccn4)cc3)C3(C)CCC3)cc2)O1. The molecule has 160 valence electrons. The summed E-state index contributed by atoms with van der Waals surface area (Å²) in [6.45, 7) is 4.81. The zero-order chi connectivity index (χ0) is 21.3. The predicted molar refractivity (Wildman–Crippen MR) is 120 cm³/mol. The third kappa shape index (κ3) is 4.23. The minimum atomic E-state index is -0.225. The van der Waals surface area contributed by atoms with Crippen molar-refractivity contribution in [2.45, 2.75) is 58.2 Å². The Morgan fingerprint density at radius 2 is 1.65 bits per heavy atom. The van der Waals surface area contributed by atoms with E-state index in [2.05, 4.69) is 60.4 Å². The number of aromatic nitrogens is 1. The van der Waals surface area contributed by atoms with Crippen molar-refractivity contribution in [3.63, 3.8) is 0 Å². The minimum absolute atomic E-state index is 0.107. The molecule has 3 aromatic rings. The minimum Gasteiger partial charge on any atom is -0.487 e. The molecule has 0 spiro atoms. The summed E-state index contributed by atoms with van der Waals surface area (Å²) in [5.74, 6) is 1.23. The van der Waals surface area contributed by atoms with Gasteiger partial charge in [0.2, 0.25) is 0 Å². The number of benzene rings is 2. The number of rotatable bonds is 7. The molecular formula is C27H29NO3. The van der Waals surface area contributed by atoms with E-state index in [1.807, 2.05) is 25.1 Å². The molecule has 4 nitrogen and oxygen atoms in total. The second kappa shape index (κ2) is 8.45. The van der Waals surface area contributed by atoms with Gasteiger partial charge in [-0.2, -0.15) is 0 Å². The van der Waals surface area contributed by atoms with Crippen molar-refractivity contribution in [1.82, 2.24) is 4.98 Å². The fourth-order valence-electron chi connectivity index (χ4n) is 4.78. The zero-order valence-electron chi connectivity index (χ0n) is 18.2. The maximum Gasteiger partial charge on any atom is 0.189 e. The van der Waals surface area contributed by atoms with Crippen LogP contribution in [0.4, 0.5) is 0 Å². The van der Waals surface area contributed by atoms with Gasteiger partial charge < -0.3 is 14.2 Å². The molecule has 5 rings (SSSR count). The first-order chi connectivity index (χ1) is 15.1. The number of pyridine rings is 1. The average molecular weight is 416 g/mol. The van der Waals surface area contributed by atoms with E-state index in [0.29, 0.717) is 12.5 Å².